The average Bonchev–Trinajstić information content (AvgIpc) is 2.58. The summed E-state index contributed by atoms with van der Waals surface area (Å²) in [6.45, 7) is 0.821. The van der Waals surface area contributed by atoms with E-state index in [2.05, 4.69) is 5.32 Å². The minimum Gasteiger partial charge on any atom is -0.395 e. The number of anilines is 1. The van der Waals surface area contributed by atoms with Crippen LogP contribution in [-0.4, -0.2) is 41.9 Å². The van der Waals surface area contributed by atoms with E-state index in [4.69, 9.17) is 0 Å². The van der Waals surface area contributed by atoms with Crippen molar-refractivity contribution in [3.8, 4) is 0 Å². The lowest BCUT2D eigenvalue weighted by Gasteiger charge is -2.24. The Morgan fingerprint density at radius 3 is 2.38 bits per heavy atom. The average molecular weight is 336 g/mol. The molecule has 0 aromatic heterocycles. The number of benzene rings is 2. The molecule has 24 heavy (non-hydrogen) atoms. The Balaban J connectivity index is 2.04. The fraction of sp³-hybridized carbons (Fsp3) is 0.333. The monoisotopic (exact) mass is 336 g/mol. The Morgan fingerprint density at radius 1 is 1.08 bits per heavy atom. The lowest BCUT2D eigenvalue weighted by molar-refractivity contribution is 0.0956. The molecule has 0 fully saturated rings. The molecule has 0 spiro atoms. The smallest absolute Gasteiger partial charge is 0.159 e. The van der Waals surface area contributed by atoms with Crippen LogP contribution in [0.25, 0.3) is 0 Å². The molecule has 2 rings (SSSR count). The number of hydrogen-bond donors (Lipinski definition) is 3. The summed E-state index contributed by atoms with van der Waals surface area (Å²) in [6, 6.07) is 11.1. The molecule has 4 nitrogen and oxygen atoms in total. The van der Waals surface area contributed by atoms with Crippen molar-refractivity contribution in [1.82, 2.24) is 4.90 Å². The topological polar surface area (TPSA) is 55.7 Å². The lowest BCUT2D eigenvalue weighted by Crippen LogP contribution is -2.31. The molecule has 0 heterocycles. The van der Waals surface area contributed by atoms with Crippen LogP contribution < -0.4 is 5.32 Å². The summed E-state index contributed by atoms with van der Waals surface area (Å²) in [5, 5.41) is 22.6. The van der Waals surface area contributed by atoms with Crippen molar-refractivity contribution in [2.75, 3.05) is 32.1 Å². The summed E-state index contributed by atoms with van der Waals surface area (Å²) in [7, 11) is 1.82. The second-order valence-corrected chi connectivity index (χ2v) is 5.59. The maximum absolute atomic E-state index is 13.3. The minimum atomic E-state index is -0.903. The normalized spacial score (nSPS) is 12.4. The fourth-order valence-corrected chi connectivity index (χ4v) is 2.49. The van der Waals surface area contributed by atoms with Crippen molar-refractivity contribution in [1.29, 1.82) is 0 Å². The SMILES string of the molecule is CNc1ccc(C(O)CN(CCO)Cc2ccc(F)c(F)c2)cc1. The largest absolute Gasteiger partial charge is 0.395 e. The van der Waals surface area contributed by atoms with Gasteiger partial charge in [0.15, 0.2) is 11.6 Å². The van der Waals surface area contributed by atoms with Gasteiger partial charge in [0.1, 0.15) is 0 Å². The Bertz CT molecular complexity index is 650. The van der Waals surface area contributed by atoms with E-state index < -0.39 is 17.7 Å². The maximum atomic E-state index is 13.3. The third-order valence-electron chi connectivity index (χ3n) is 3.82. The molecular formula is C18H22F2N2O2. The van der Waals surface area contributed by atoms with Crippen LogP contribution in [0, 0.1) is 11.6 Å². The van der Waals surface area contributed by atoms with Crippen molar-refractivity contribution in [2.24, 2.45) is 0 Å². The van der Waals surface area contributed by atoms with Crippen molar-refractivity contribution in [2.45, 2.75) is 12.6 Å². The van der Waals surface area contributed by atoms with E-state index in [1.807, 2.05) is 31.3 Å². The van der Waals surface area contributed by atoms with Gasteiger partial charge in [0.2, 0.25) is 0 Å². The Morgan fingerprint density at radius 2 is 1.79 bits per heavy atom. The number of aliphatic hydroxyl groups is 2. The molecule has 2 aromatic rings. The molecule has 0 bridgehead atoms. The number of nitrogens with one attached hydrogen (secondary N) is 1. The highest BCUT2D eigenvalue weighted by molar-refractivity contribution is 5.44. The molecule has 0 radical (unpaired) electrons. The second kappa shape index (κ2) is 8.73. The molecule has 3 N–H and O–H groups in total. The molecule has 0 aliphatic heterocycles. The first-order valence-corrected chi connectivity index (χ1v) is 7.76. The van der Waals surface area contributed by atoms with Gasteiger partial charge < -0.3 is 15.5 Å². The standard InChI is InChI=1S/C18H22F2N2O2/c1-21-15-5-3-14(4-6-15)18(24)12-22(8-9-23)11-13-2-7-16(19)17(20)10-13/h2-7,10,18,21,23-24H,8-9,11-12H2,1H3. The molecule has 1 unspecified atom stereocenters. The number of aliphatic hydroxyl groups excluding tert-OH is 2. The number of hydrogen-bond acceptors (Lipinski definition) is 4. The van der Waals surface area contributed by atoms with Gasteiger partial charge in [-0.15, -0.1) is 0 Å². The number of rotatable bonds is 8. The van der Waals surface area contributed by atoms with Crippen LogP contribution in [0.1, 0.15) is 17.2 Å². The predicted octanol–water partition coefficient (Wildman–Crippen LogP) is 2.53. The van der Waals surface area contributed by atoms with Gasteiger partial charge in [-0.3, -0.25) is 4.90 Å². The predicted molar refractivity (Wildman–Crippen MR) is 89.7 cm³/mol. The van der Waals surface area contributed by atoms with Crippen LogP contribution in [0.15, 0.2) is 42.5 Å². The maximum Gasteiger partial charge on any atom is 0.159 e. The highest BCUT2D eigenvalue weighted by Crippen LogP contribution is 2.19. The Kier molecular flexibility index (Phi) is 6.66. The lowest BCUT2D eigenvalue weighted by atomic mass is 10.1. The summed E-state index contributed by atoms with van der Waals surface area (Å²) in [5.74, 6) is -1.79. The van der Waals surface area contributed by atoms with Gasteiger partial charge in [-0.1, -0.05) is 18.2 Å². The molecule has 0 saturated carbocycles. The molecule has 2 aromatic carbocycles. The molecule has 130 valence electrons. The van der Waals surface area contributed by atoms with Crippen LogP contribution in [0.4, 0.5) is 14.5 Å². The third-order valence-corrected chi connectivity index (χ3v) is 3.82. The molecular weight excluding hydrogens is 314 g/mol. The van der Waals surface area contributed by atoms with Gasteiger partial charge in [0, 0.05) is 32.4 Å². The van der Waals surface area contributed by atoms with Gasteiger partial charge in [0.05, 0.1) is 12.7 Å². The van der Waals surface area contributed by atoms with Crippen LogP contribution in [0.3, 0.4) is 0 Å². The van der Waals surface area contributed by atoms with Crippen molar-refractivity contribution in [3.05, 3.63) is 65.2 Å². The van der Waals surface area contributed by atoms with E-state index >= 15 is 0 Å². The zero-order valence-electron chi connectivity index (χ0n) is 13.5. The van der Waals surface area contributed by atoms with Gasteiger partial charge in [-0.05, 0) is 35.4 Å². The van der Waals surface area contributed by atoms with Crippen LogP contribution in [0.2, 0.25) is 0 Å². The molecule has 0 amide bonds. The minimum absolute atomic E-state index is 0.0882. The zero-order valence-corrected chi connectivity index (χ0v) is 13.5. The van der Waals surface area contributed by atoms with Crippen molar-refractivity contribution >= 4 is 5.69 Å². The molecule has 6 heteroatoms. The van der Waals surface area contributed by atoms with Crippen LogP contribution in [-0.2, 0) is 6.54 Å². The van der Waals surface area contributed by atoms with Gasteiger partial charge >= 0.3 is 0 Å². The van der Waals surface area contributed by atoms with Crippen molar-refractivity contribution < 1.29 is 19.0 Å². The molecule has 0 aliphatic carbocycles. The highest BCUT2D eigenvalue weighted by Gasteiger charge is 2.15. The Hall–Kier alpha value is -2.02. The van der Waals surface area contributed by atoms with Gasteiger partial charge in [-0.2, -0.15) is 0 Å². The first-order chi connectivity index (χ1) is 11.5. The first kappa shape index (κ1) is 18.3. The van der Waals surface area contributed by atoms with Crippen LogP contribution >= 0.6 is 0 Å². The van der Waals surface area contributed by atoms with E-state index in [9.17, 15) is 19.0 Å². The van der Waals surface area contributed by atoms with Crippen molar-refractivity contribution in [3.63, 3.8) is 0 Å². The van der Waals surface area contributed by atoms with E-state index in [-0.39, 0.29) is 13.2 Å². The van der Waals surface area contributed by atoms with E-state index in [1.54, 1.807) is 4.90 Å². The van der Waals surface area contributed by atoms with E-state index in [0.29, 0.717) is 18.7 Å². The molecule has 0 aliphatic rings. The van der Waals surface area contributed by atoms with E-state index in [1.165, 1.54) is 6.07 Å². The number of nitrogens with zero attached hydrogens (tertiary/aromatic N) is 1. The number of halogens is 2. The highest BCUT2D eigenvalue weighted by atomic mass is 19.2. The first-order valence-electron chi connectivity index (χ1n) is 7.76. The van der Waals surface area contributed by atoms with E-state index in [0.717, 1.165) is 23.4 Å². The van der Waals surface area contributed by atoms with Gasteiger partial charge in [-0.25, -0.2) is 8.78 Å². The summed E-state index contributed by atoms with van der Waals surface area (Å²) in [5.41, 5.74) is 2.28. The Labute approximate surface area is 140 Å². The van der Waals surface area contributed by atoms with Crippen LogP contribution in [0.5, 0.6) is 0 Å². The summed E-state index contributed by atoms with van der Waals surface area (Å²) in [4.78, 5) is 1.79. The third kappa shape index (κ3) is 4.99. The quantitative estimate of drug-likeness (QED) is 0.693. The van der Waals surface area contributed by atoms with Gasteiger partial charge in [0.25, 0.3) is 0 Å². The molecule has 0 saturated heterocycles. The summed E-state index contributed by atoms with van der Waals surface area (Å²) >= 11 is 0. The summed E-state index contributed by atoms with van der Waals surface area (Å²) in [6.07, 6.45) is -0.743. The summed E-state index contributed by atoms with van der Waals surface area (Å²) < 4.78 is 26.3. The second-order valence-electron chi connectivity index (χ2n) is 5.59. The fourth-order valence-electron chi connectivity index (χ4n) is 2.49. The molecule has 1 atom stereocenters. The zero-order chi connectivity index (χ0) is 17.5.